The summed E-state index contributed by atoms with van der Waals surface area (Å²) < 4.78 is 2.51. The van der Waals surface area contributed by atoms with E-state index in [0.29, 0.717) is 9.79 Å². The average molecular weight is 240 g/mol. The van der Waals surface area contributed by atoms with Crippen LogP contribution in [-0.4, -0.2) is 14.8 Å². The quantitative estimate of drug-likeness (QED) is 0.817. The van der Waals surface area contributed by atoms with E-state index in [1.807, 2.05) is 35.8 Å². The molecule has 0 saturated heterocycles. The Hall–Kier alpha value is -1.13. The van der Waals surface area contributed by atoms with Crippen molar-refractivity contribution in [3.63, 3.8) is 0 Å². The van der Waals surface area contributed by atoms with E-state index in [1.165, 1.54) is 0 Å². The number of nitrogens with one attached hydrogen (secondary N) is 1. The summed E-state index contributed by atoms with van der Waals surface area (Å²) in [4.78, 5) is 0. The lowest BCUT2D eigenvalue weighted by Gasteiger charge is -2.04. The van der Waals surface area contributed by atoms with Crippen LogP contribution in [0, 0.1) is 4.77 Å². The first-order valence-electron chi connectivity index (χ1n) is 4.64. The first-order chi connectivity index (χ1) is 7.22. The van der Waals surface area contributed by atoms with Gasteiger partial charge in [-0.2, -0.15) is 5.10 Å². The van der Waals surface area contributed by atoms with Crippen LogP contribution >= 0.6 is 23.8 Å². The van der Waals surface area contributed by atoms with Gasteiger partial charge in [-0.25, -0.2) is 0 Å². The molecule has 0 atom stereocenters. The molecule has 2 rings (SSSR count). The zero-order chi connectivity index (χ0) is 10.8. The highest BCUT2D eigenvalue weighted by Gasteiger charge is 2.05. The summed E-state index contributed by atoms with van der Waals surface area (Å²) in [6, 6.07) is 7.52. The van der Waals surface area contributed by atoms with Crippen LogP contribution < -0.4 is 0 Å². The van der Waals surface area contributed by atoms with Crippen molar-refractivity contribution < 1.29 is 0 Å². The summed E-state index contributed by atoms with van der Waals surface area (Å²) in [5.74, 6) is 0.919. The number of nitrogens with zero attached hydrogens (tertiary/aromatic N) is 2. The van der Waals surface area contributed by atoms with Crippen LogP contribution in [0.1, 0.15) is 12.7 Å². The van der Waals surface area contributed by atoms with Crippen molar-refractivity contribution in [1.29, 1.82) is 0 Å². The Labute approximate surface area is 97.7 Å². The van der Waals surface area contributed by atoms with Crippen molar-refractivity contribution >= 4 is 23.8 Å². The number of rotatable bonds is 2. The van der Waals surface area contributed by atoms with Gasteiger partial charge in [0.15, 0.2) is 4.77 Å². The van der Waals surface area contributed by atoms with Crippen molar-refractivity contribution in [2.75, 3.05) is 0 Å². The average Bonchev–Trinajstić information content (AvgIpc) is 2.61. The van der Waals surface area contributed by atoms with E-state index < -0.39 is 0 Å². The SMILES string of the molecule is CCc1n[nH]c(=S)n1-c1ccc(Cl)cc1. The van der Waals surface area contributed by atoms with E-state index in [0.717, 1.165) is 17.9 Å². The van der Waals surface area contributed by atoms with E-state index in [4.69, 9.17) is 23.8 Å². The molecule has 0 saturated carbocycles. The first kappa shape index (κ1) is 10.4. The fourth-order valence-corrected chi connectivity index (χ4v) is 1.81. The Morgan fingerprint density at radius 2 is 2.07 bits per heavy atom. The maximum Gasteiger partial charge on any atom is 0.199 e. The van der Waals surface area contributed by atoms with Crippen LogP contribution in [0.5, 0.6) is 0 Å². The molecule has 0 spiro atoms. The number of hydrogen-bond acceptors (Lipinski definition) is 2. The smallest absolute Gasteiger partial charge is 0.199 e. The lowest BCUT2D eigenvalue weighted by molar-refractivity contribution is 0.880. The van der Waals surface area contributed by atoms with Crippen LogP contribution in [-0.2, 0) is 6.42 Å². The Morgan fingerprint density at radius 3 is 2.67 bits per heavy atom. The van der Waals surface area contributed by atoms with E-state index in [2.05, 4.69) is 10.2 Å². The molecule has 0 bridgehead atoms. The standard InChI is InChI=1S/C10H10ClN3S/c1-2-9-12-13-10(15)14(9)8-5-3-7(11)4-6-8/h3-6H,2H2,1H3,(H,13,15). The minimum absolute atomic E-state index is 0.606. The molecule has 0 amide bonds. The van der Waals surface area contributed by atoms with Gasteiger partial charge in [0.1, 0.15) is 5.82 Å². The van der Waals surface area contributed by atoms with Gasteiger partial charge in [-0.15, -0.1) is 0 Å². The van der Waals surface area contributed by atoms with Gasteiger partial charge in [0.2, 0.25) is 0 Å². The zero-order valence-electron chi connectivity index (χ0n) is 8.20. The predicted octanol–water partition coefficient (Wildman–Crippen LogP) is 3.15. The first-order valence-corrected chi connectivity index (χ1v) is 5.43. The number of aryl methyl sites for hydroxylation is 1. The molecule has 0 aliphatic carbocycles. The summed E-state index contributed by atoms with van der Waals surface area (Å²) in [7, 11) is 0. The number of H-pyrrole nitrogens is 1. The Bertz CT molecular complexity index is 512. The third kappa shape index (κ3) is 1.96. The van der Waals surface area contributed by atoms with Crippen molar-refractivity contribution in [3.05, 3.63) is 39.9 Å². The predicted molar refractivity (Wildman–Crippen MR) is 63.1 cm³/mol. The van der Waals surface area contributed by atoms with Gasteiger partial charge in [-0.1, -0.05) is 18.5 Å². The van der Waals surface area contributed by atoms with E-state index in [9.17, 15) is 0 Å². The molecule has 5 heteroatoms. The normalized spacial score (nSPS) is 10.5. The topological polar surface area (TPSA) is 33.6 Å². The molecular formula is C10H10ClN3S. The van der Waals surface area contributed by atoms with Gasteiger partial charge in [-0.3, -0.25) is 9.67 Å². The molecule has 0 unspecified atom stereocenters. The van der Waals surface area contributed by atoms with Crippen LogP contribution in [0.25, 0.3) is 5.69 Å². The molecule has 0 fully saturated rings. The lowest BCUT2D eigenvalue weighted by atomic mass is 10.3. The highest BCUT2D eigenvalue weighted by molar-refractivity contribution is 7.71. The second-order valence-corrected chi connectivity index (χ2v) is 3.93. The zero-order valence-corrected chi connectivity index (χ0v) is 9.77. The fraction of sp³-hybridized carbons (Fsp3) is 0.200. The van der Waals surface area contributed by atoms with Crippen molar-refractivity contribution in [2.45, 2.75) is 13.3 Å². The molecule has 2 aromatic rings. The number of halogens is 1. The minimum atomic E-state index is 0.606. The van der Waals surface area contributed by atoms with Crippen LogP contribution in [0.2, 0.25) is 5.02 Å². The third-order valence-corrected chi connectivity index (χ3v) is 2.67. The Morgan fingerprint density at radius 1 is 1.40 bits per heavy atom. The van der Waals surface area contributed by atoms with Gasteiger partial charge in [-0.05, 0) is 36.5 Å². The lowest BCUT2D eigenvalue weighted by Crippen LogP contribution is -1.99. The summed E-state index contributed by atoms with van der Waals surface area (Å²) in [5.41, 5.74) is 0.981. The fourth-order valence-electron chi connectivity index (χ4n) is 1.42. The second kappa shape index (κ2) is 4.16. The Balaban J connectivity index is 2.57. The second-order valence-electron chi connectivity index (χ2n) is 3.11. The molecule has 1 aromatic heterocycles. The van der Waals surface area contributed by atoms with Crippen LogP contribution in [0.15, 0.2) is 24.3 Å². The van der Waals surface area contributed by atoms with E-state index in [-0.39, 0.29) is 0 Å². The molecule has 1 N–H and O–H groups in total. The number of benzene rings is 1. The highest BCUT2D eigenvalue weighted by atomic mass is 35.5. The number of aromatic nitrogens is 3. The molecule has 1 heterocycles. The highest BCUT2D eigenvalue weighted by Crippen LogP contribution is 2.15. The molecule has 78 valence electrons. The largest absolute Gasteiger partial charge is 0.272 e. The maximum absolute atomic E-state index is 5.83. The molecule has 0 aliphatic rings. The summed E-state index contributed by atoms with van der Waals surface area (Å²) in [6.07, 6.45) is 0.829. The molecule has 15 heavy (non-hydrogen) atoms. The van der Waals surface area contributed by atoms with Crippen LogP contribution in [0.4, 0.5) is 0 Å². The van der Waals surface area contributed by atoms with Gasteiger partial charge >= 0.3 is 0 Å². The van der Waals surface area contributed by atoms with Crippen molar-refractivity contribution in [2.24, 2.45) is 0 Å². The van der Waals surface area contributed by atoms with Crippen LogP contribution in [0.3, 0.4) is 0 Å². The molecule has 0 radical (unpaired) electrons. The minimum Gasteiger partial charge on any atom is -0.272 e. The summed E-state index contributed by atoms with van der Waals surface area (Å²) >= 11 is 11.0. The molecule has 1 aromatic carbocycles. The molecular weight excluding hydrogens is 230 g/mol. The Kier molecular flexibility index (Phi) is 2.88. The molecule has 0 aliphatic heterocycles. The number of hydrogen-bond donors (Lipinski definition) is 1. The van der Waals surface area contributed by atoms with E-state index in [1.54, 1.807) is 0 Å². The summed E-state index contributed by atoms with van der Waals surface area (Å²) in [5, 5.41) is 7.64. The monoisotopic (exact) mass is 239 g/mol. The van der Waals surface area contributed by atoms with Crippen molar-refractivity contribution in [1.82, 2.24) is 14.8 Å². The van der Waals surface area contributed by atoms with Gasteiger partial charge < -0.3 is 0 Å². The van der Waals surface area contributed by atoms with Gasteiger partial charge in [0, 0.05) is 17.1 Å². The summed E-state index contributed by atoms with van der Waals surface area (Å²) in [6.45, 7) is 2.04. The van der Waals surface area contributed by atoms with Gasteiger partial charge in [0.05, 0.1) is 0 Å². The van der Waals surface area contributed by atoms with E-state index >= 15 is 0 Å². The maximum atomic E-state index is 5.83. The third-order valence-electron chi connectivity index (χ3n) is 2.14. The van der Waals surface area contributed by atoms with Gasteiger partial charge in [0.25, 0.3) is 0 Å². The van der Waals surface area contributed by atoms with Crippen molar-refractivity contribution in [3.8, 4) is 5.69 Å². The number of aromatic amines is 1. The molecule has 3 nitrogen and oxygen atoms in total.